The van der Waals surface area contributed by atoms with Crippen LogP contribution in [-0.2, 0) is 14.8 Å². The Morgan fingerprint density at radius 1 is 1.17 bits per heavy atom. The van der Waals surface area contributed by atoms with E-state index in [4.69, 9.17) is 9.47 Å². The number of sulfonamides is 1. The molecule has 2 aromatic rings. The van der Waals surface area contributed by atoms with Crippen LogP contribution in [0, 0.1) is 13.8 Å². The first-order valence-electron chi connectivity index (χ1n) is 9.45. The number of nitrogens with one attached hydrogen (secondary N) is 1. The smallest absolute Gasteiger partial charge is 0.240 e. The third-order valence-corrected chi connectivity index (χ3v) is 6.34. The lowest BCUT2D eigenvalue weighted by Crippen LogP contribution is -2.42. The van der Waals surface area contributed by atoms with Crippen LogP contribution >= 0.6 is 0 Å². The van der Waals surface area contributed by atoms with Gasteiger partial charge in [0.25, 0.3) is 0 Å². The zero-order valence-electron chi connectivity index (χ0n) is 16.8. The molecule has 0 aliphatic carbocycles. The van der Waals surface area contributed by atoms with E-state index in [1.54, 1.807) is 26.1 Å². The third kappa shape index (κ3) is 5.27. The lowest BCUT2D eigenvalue weighted by atomic mass is 10.2. The summed E-state index contributed by atoms with van der Waals surface area (Å²) < 4.78 is 39.0. The quantitative estimate of drug-likeness (QED) is 0.746. The van der Waals surface area contributed by atoms with Gasteiger partial charge in [-0.25, -0.2) is 13.1 Å². The molecule has 1 amide bonds. The third-order valence-electron chi connectivity index (χ3n) is 4.72. The van der Waals surface area contributed by atoms with Crippen molar-refractivity contribution < 1.29 is 22.7 Å². The summed E-state index contributed by atoms with van der Waals surface area (Å²) in [5, 5.41) is 0. The molecule has 0 saturated heterocycles. The molecule has 0 fully saturated rings. The molecule has 7 nitrogen and oxygen atoms in total. The molecule has 1 aliphatic rings. The molecule has 1 atom stereocenters. The fourth-order valence-electron chi connectivity index (χ4n) is 3.22. The Morgan fingerprint density at radius 2 is 1.90 bits per heavy atom. The molecule has 8 heteroatoms. The number of hydrogen-bond acceptors (Lipinski definition) is 5. The van der Waals surface area contributed by atoms with Gasteiger partial charge in [-0.05, 0) is 37.6 Å². The van der Waals surface area contributed by atoms with Gasteiger partial charge in [0.2, 0.25) is 15.9 Å². The maximum Gasteiger partial charge on any atom is 0.240 e. The zero-order valence-corrected chi connectivity index (χ0v) is 17.7. The number of fused-ring (bicyclic) bond motifs is 1. The number of hydrogen-bond donors (Lipinski definition) is 1. The van der Waals surface area contributed by atoms with Gasteiger partial charge in [-0.3, -0.25) is 4.79 Å². The van der Waals surface area contributed by atoms with Crippen LogP contribution in [0.4, 0.5) is 0 Å². The average Bonchev–Trinajstić information content (AvgIpc) is 2.67. The highest BCUT2D eigenvalue weighted by Crippen LogP contribution is 2.30. The maximum atomic E-state index is 12.5. The van der Waals surface area contributed by atoms with Crippen molar-refractivity contribution in [2.24, 2.45) is 0 Å². The number of amides is 1. The highest BCUT2D eigenvalue weighted by molar-refractivity contribution is 7.89. The summed E-state index contributed by atoms with van der Waals surface area (Å²) in [6.45, 7) is 4.41. The van der Waals surface area contributed by atoms with Gasteiger partial charge in [-0.1, -0.05) is 29.8 Å². The van der Waals surface area contributed by atoms with Crippen molar-refractivity contribution in [2.45, 2.75) is 31.3 Å². The fourth-order valence-corrected chi connectivity index (χ4v) is 4.48. The highest BCUT2D eigenvalue weighted by Gasteiger charge is 2.24. The maximum absolute atomic E-state index is 12.5. The first-order valence-corrected chi connectivity index (χ1v) is 10.9. The number of carbonyl (C=O) groups excluding carboxylic acids is 1. The molecule has 0 bridgehead atoms. The zero-order chi connectivity index (χ0) is 21.0. The second kappa shape index (κ2) is 8.84. The Labute approximate surface area is 171 Å². The van der Waals surface area contributed by atoms with Crippen molar-refractivity contribution in [1.29, 1.82) is 0 Å². The normalized spacial score (nSPS) is 15.8. The van der Waals surface area contributed by atoms with E-state index < -0.39 is 10.0 Å². The number of aryl methyl sites for hydroxylation is 2. The molecule has 1 aliphatic heterocycles. The van der Waals surface area contributed by atoms with Crippen LogP contribution in [0.25, 0.3) is 0 Å². The Bertz CT molecular complexity index is 990. The summed E-state index contributed by atoms with van der Waals surface area (Å²) in [5.41, 5.74) is 1.67. The summed E-state index contributed by atoms with van der Waals surface area (Å²) in [6, 6.07) is 12.5. The van der Waals surface area contributed by atoms with Crippen LogP contribution in [-0.4, -0.2) is 52.1 Å². The molecular formula is C21H26N2O5S. The molecule has 3 rings (SSSR count). The van der Waals surface area contributed by atoms with E-state index in [2.05, 4.69) is 4.72 Å². The summed E-state index contributed by atoms with van der Waals surface area (Å²) >= 11 is 0. The number of nitrogens with zero attached hydrogens (tertiary/aromatic N) is 1. The molecule has 1 unspecified atom stereocenters. The van der Waals surface area contributed by atoms with Crippen molar-refractivity contribution in [3.63, 3.8) is 0 Å². The van der Waals surface area contributed by atoms with E-state index in [9.17, 15) is 13.2 Å². The van der Waals surface area contributed by atoms with Crippen LogP contribution in [0.3, 0.4) is 0 Å². The predicted octanol–water partition coefficient (Wildman–Crippen LogP) is 2.27. The second-order valence-electron chi connectivity index (χ2n) is 7.19. The van der Waals surface area contributed by atoms with E-state index in [0.29, 0.717) is 30.2 Å². The topological polar surface area (TPSA) is 84.9 Å². The Kier molecular flexibility index (Phi) is 6.44. The summed E-state index contributed by atoms with van der Waals surface area (Å²) in [6.07, 6.45) is -0.212. The molecular weight excluding hydrogens is 392 g/mol. The lowest BCUT2D eigenvalue weighted by molar-refractivity contribution is -0.131. The molecule has 0 radical (unpaired) electrons. The Balaban J connectivity index is 1.49. The van der Waals surface area contributed by atoms with E-state index in [1.807, 2.05) is 37.3 Å². The number of ether oxygens (including phenoxy) is 2. The van der Waals surface area contributed by atoms with Gasteiger partial charge in [-0.15, -0.1) is 0 Å². The fraction of sp³-hybridized carbons (Fsp3) is 0.381. The monoisotopic (exact) mass is 418 g/mol. The second-order valence-corrected chi connectivity index (χ2v) is 8.92. The standard InChI is InChI=1S/C21H26N2O5S/c1-15-8-9-20(16(2)12-15)29(25,26)22-11-10-21(24)23(3)13-17-14-27-18-6-4-5-7-19(18)28-17/h4-9,12,17,22H,10-11,13-14H2,1-3H3. The molecule has 156 valence electrons. The largest absolute Gasteiger partial charge is 0.486 e. The molecule has 1 N–H and O–H groups in total. The number of benzene rings is 2. The first kappa shape index (κ1) is 21.1. The van der Waals surface area contributed by atoms with Crippen LogP contribution in [0.1, 0.15) is 17.5 Å². The van der Waals surface area contributed by atoms with Crippen LogP contribution in [0.2, 0.25) is 0 Å². The van der Waals surface area contributed by atoms with Crippen LogP contribution in [0.5, 0.6) is 11.5 Å². The van der Waals surface area contributed by atoms with Crippen LogP contribution < -0.4 is 14.2 Å². The van der Waals surface area contributed by atoms with Gasteiger partial charge in [0.1, 0.15) is 6.61 Å². The van der Waals surface area contributed by atoms with Crippen LogP contribution in [0.15, 0.2) is 47.4 Å². The highest BCUT2D eigenvalue weighted by atomic mass is 32.2. The SMILES string of the molecule is Cc1ccc(S(=O)(=O)NCCC(=O)N(C)CC2COc3ccccc3O2)c(C)c1. The van der Waals surface area contributed by atoms with Gasteiger partial charge < -0.3 is 14.4 Å². The number of likely N-dealkylation sites (N-methyl/N-ethyl adjacent to an activating group) is 1. The van der Waals surface area contributed by atoms with Crippen molar-refractivity contribution in [1.82, 2.24) is 9.62 Å². The van der Waals surface area contributed by atoms with E-state index >= 15 is 0 Å². The molecule has 1 heterocycles. The minimum atomic E-state index is -3.66. The predicted molar refractivity (Wildman–Crippen MR) is 110 cm³/mol. The van der Waals surface area contributed by atoms with Crippen molar-refractivity contribution >= 4 is 15.9 Å². The van der Waals surface area contributed by atoms with Gasteiger partial charge in [0.05, 0.1) is 11.4 Å². The van der Waals surface area contributed by atoms with Gasteiger partial charge >= 0.3 is 0 Å². The summed E-state index contributed by atoms with van der Waals surface area (Å²) in [5.74, 6) is 1.18. The minimum absolute atomic E-state index is 0.0314. The molecule has 29 heavy (non-hydrogen) atoms. The lowest BCUT2D eigenvalue weighted by Gasteiger charge is -2.29. The summed E-state index contributed by atoms with van der Waals surface area (Å²) in [4.78, 5) is 14.2. The van der Waals surface area contributed by atoms with E-state index in [1.165, 1.54) is 4.90 Å². The van der Waals surface area contributed by atoms with Gasteiger partial charge in [-0.2, -0.15) is 0 Å². The Morgan fingerprint density at radius 3 is 2.62 bits per heavy atom. The van der Waals surface area contributed by atoms with Crippen molar-refractivity contribution in [3.05, 3.63) is 53.6 Å². The number of rotatable bonds is 7. The Hall–Kier alpha value is -2.58. The molecule has 0 aromatic heterocycles. The summed E-state index contributed by atoms with van der Waals surface area (Å²) in [7, 11) is -1.98. The first-order chi connectivity index (χ1) is 13.8. The van der Waals surface area contributed by atoms with Gasteiger partial charge in [0, 0.05) is 20.0 Å². The van der Waals surface area contributed by atoms with Gasteiger partial charge in [0.15, 0.2) is 17.6 Å². The molecule has 0 spiro atoms. The molecule has 2 aromatic carbocycles. The average molecular weight is 419 g/mol. The number of para-hydroxylation sites is 2. The molecule has 0 saturated carbocycles. The van der Waals surface area contributed by atoms with Crippen molar-refractivity contribution in [3.8, 4) is 11.5 Å². The van der Waals surface area contributed by atoms with Crippen molar-refractivity contribution in [2.75, 3.05) is 26.7 Å². The van der Waals surface area contributed by atoms with E-state index in [-0.39, 0.29) is 29.9 Å². The number of carbonyl (C=O) groups is 1. The minimum Gasteiger partial charge on any atom is -0.486 e. The van der Waals surface area contributed by atoms with E-state index in [0.717, 1.165) is 5.56 Å².